The van der Waals surface area contributed by atoms with Crippen molar-refractivity contribution in [3.8, 4) is 0 Å². The average Bonchev–Trinajstić information content (AvgIpc) is 2.06. The minimum absolute atomic E-state index is 0.750. The molecule has 0 atom stereocenters. The van der Waals surface area contributed by atoms with Gasteiger partial charge < -0.3 is 14.9 Å². The SMILES string of the molecule is Cc1ccccc1N(C)C.OBO. The van der Waals surface area contributed by atoms with Gasteiger partial charge in [-0.3, -0.25) is 0 Å². The molecule has 3 nitrogen and oxygen atoms in total. The summed E-state index contributed by atoms with van der Waals surface area (Å²) >= 11 is 0. The summed E-state index contributed by atoms with van der Waals surface area (Å²) in [7, 11) is 3.37. The molecule has 1 aromatic carbocycles. The number of benzene rings is 1. The number of hydrogen-bond donors (Lipinski definition) is 2. The van der Waals surface area contributed by atoms with E-state index < -0.39 is 7.69 Å². The number of rotatable bonds is 1. The van der Waals surface area contributed by atoms with E-state index in [1.807, 2.05) is 0 Å². The van der Waals surface area contributed by atoms with Gasteiger partial charge in [0, 0.05) is 19.8 Å². The number of aryl methyl sites for hydroxylation is 1. The highest BCUT2D eigenvalue weighted by Gasteiger charge is 1.95. The van der Waals surface area contributed by atoms with Crippen molar-refractivity contribution in [3.05, 3.63) is 29.8 Å². The van der Waals surface area contributed by atoms with Gasteiger partial charge in [-0.05, 0) is 18.6 Å². The molecule has 0 amide bonds. The van der Waals surface area contributed by atoms with Crippen LogP contribution >= 0.6 is 0 Å². The normalized spacial score (nSPS) is 8.38. The van der Waals surface area contributed by atoms with Crippen molar-refractivity contribution in [3.63, 3.8) is 0 Å². The molecule has 0 heterocycles. The average molecular weight is 181 g/mol. The lowest BCUT2D eigenvalue weighted by Gasteiger charge is -2.14. The Morgan fingerprint density at radius 3 is 1.92 bits per heavy atom. The van der Waals surface area contributed by atoms with Crippen LogP contribution in [0, 0.1) is 6.92 Å². The van der Waals surface area contributed by atoms with E-state index in [9.17, 15) is 0 Å². The molecule has 1 aromatic rings. The predicted molar refractivity (Wildman–Crippen MR) is 57.1 cm³/mol. The fourth-order valence-electron chi connectivity index (χ4n) is 1.07. The first-order valence-electron chi connectivity index (χ1n) is 4.08. The highest BCUT2D eigenvalue weighted by molar-refractivity contribution is 6.13. The Labute approximate surface area is 79.9 Å². The van der Waals surface area contributed by atoms with Crippen molar-refractivity contribution in [1.82, 2.24) is 0 Å². The van der Waals surface area contributed by atoms with Gasteiger partial charge >= 0.3 is 7.69 Å². The molecular formula is C9H16BNO2. The van der Waals surface area contributed by atoms with E-state index in [0.717, 1.165) is 0 Å². The lowest BCUT2D eigenvalue weighted by Crippen LogP contribution is -2.09. The van der Waals surface area contributed by atoms with Crippen molar-refractivity contribution < 1.29 is 10.0 Å². The van der Waals surface area contributed by atoms with E-state index in [4.69, 9.17) is 10.0 Å². The maximum absolute atomic E-state index is 7.12. The van der Waals surface area contributed by atoms with Crippen molar-refractivity contribution in [2.24, 2.45) is 0 Å². The lowest BCUT2D eigenvalue weighted by atomic mass is 10.2. The monoisotopic (exact) mass is 181 g/mol. The van der Waals surface area contributed by atoms with Gasteiger partial charge in [-0.25, -0.2) is 0 Å². The van der Waals surface area contributed by atoms with E-state index in [0.29, 0.717) is 0 Å². The molecule has 0 fully saturated rings. The molecule has 2 N–H and O–H groups in total. The third kappa shape index (κ3) is 4.55. The molecule has 0 aliphatic carbocycles. The number of para-hydroxylation sites is 1. The first-order chi connectivity index (χ1) is 6.13. The minimum atomic E-state index is -0.750. The van der Waals surface area contributed by atoms with Crippen LogP contribution in [-0.2, 0) is 0 Å². The largest absolute Gasteiger partial charge is 0.432 e. The Morgan fingerprint density at radius 1 is 1.15 bits per heavy atom. The zero-order valence-electron chi connectivity index (χ0n) is 8.36. The van der Waals surface area contributed by atoms with Crippen molar-refractivity contribution >= 4 is 13.4 Å². The van der Waals surface area contributed by atoms with Gasteiger partial charge in [0.2, 0.25) is 0 Å². The lowest BCUT2D eigenvalue weighted by molar-refractivity contribution is 0.448. The molecule has 72 valence electrons. The molecule has 0 spiro atoms. The van der Waals surface area contributed by atoms with Crippen LogP contribution in [0.15, 0.2) is 24.3 Å². The maximum Gasteiger partial charge on any atom is 0.432 e. The second-order valence-corrected chi connectivity index (χ2v) is 2.82. The second kappa shape index (κ2) is 6.51. The highest BCUT2D eigenvalue weighted by atomic mass is 16.4. The van der Waals surface area contributed by atoms with E-state index in [1.165, 1.54) is 11.3 Å². The molecular weight excluding hydrogens is 165 g/mol. The van der Waals surface area contributed by atoms with Crippen molar-refractivity contribution in [2.45, 2.75) is 6.92 Å². The Morgan fingerprint density at radius 2 is 1.62 bits per heavy atom. The molecule has 1 rings (SSSR count). The summed E-state index contributed by atoms with van der Waals surface area (Å²) in [4.78, 5) is 2.12. The van der Waals surface area contributed by atoms with Crippen molar-refractivity contribution in [1.29, 1.82) is 0 Å². The Hall–Kier alpha value is -0.995. The Bertz CT molecular complexity index is 241. The summed E-state index contributed by atoms with van der Waals surface area (Å²) < 4.78 is 0. The molecule has 0 bridgehead atoms. The van der Waals surface area contributed by atoms with Crippen LogP contribution in [-0.4, -0.2) is 31.8 Å². The maximum atomic E-state index is 7.12. The van der Waals surface area contributed by atoms with Crippen LogP contribution in [0.3, 0.4) is 0 Å². The van der Waals surface area contributed by atoms with Gasteiger partial charge in [-0.15, -0.1) is 0 Å². The fraction of sp³-hybridized carbons (Fsp3) is 0.333. The van der Waals surface area contributed by atoms with Gasteiger partial charge in [0.15, 0.2) is 0 Å². The molecule has 0 unspecified atom stereocenters. The smallest absolute Gasteiger partial charge is 0.430 e. The van der Waals surface area contributed by atoms with E-state index in [-0.39, 0.29) is 0 Å². The summed E-state index contributed by atoms with van der Waals surface area (Å²) in [6.07, 6.45) is 0. The van der Waals surface area contributed by atoms with Gasteiger partial charge in [-0.2, -0.15) is 0 Å². The third-order valence-electron chi connectivity index (χ3n) is 1.60. The van der Waals surface area contributed by atoms with Gasteiger partial charge in [0.25, 0.3) is 0 Å². The van der Waals surface area contributed by atoms with E-state index in [1.54, 1.807) is 0 Å². The minimum Gasteiger partial charge on any atom is -0.430 e. The number of anilines is 1. The number of hydrogen-bond acceptors (Lipinski definition) is 3. The summed E-state index contributed by atoms with van der Waals surface area (Å²) in [5.41, 5.74) is 2.62. The first-order valence-corrected chi connectivity index (χ1v) is 4.08. The van der Waals surface area contributed by atoms with Gasteiger partial charge in [0.05, 0.1) is 0 Å². The molecule has 0 saturated heterocycles. The molecule has 0 aliphatic heterocycles. The standard InChI is InChI=1S/C9H13N.BH3O2/c1-8-6-4-5-7-9(8)10(2)3;2-1-3/h4-7H,1-3H3;1-3H. The number of nitrogens with zero attached hydrogens (tertiary/aromatic N) is 1. The van der Waals surface area contributed by atoms with E-state index in [2.05, 4.69) is 50.2 Å². The molecule has 13 heavy (non-hydrogen) atoms. The Kier molecular flexibility index (Phi) is 6.01. The summed E-state index contributed by atoms with van der Waals surface area (Å²) in [5, 5.41) is 14.2. The second-order valence-electron chi connectivity index (χ2n) is 2.82. The molecule has 0 aliphatic rings. The highest BCUT2D eigenvalue weighted by Crippen LogP contribution is 2.15. The van der Waals surface area contributed by atoms with Gasteiger partial charge in [-0.1, -0.05) is 18.2 Å². The molecule has 0 saturated carbocycles. The zero-order valence-corrected chi connectivity index (χ0v) is 8.36. The van der Waals surface area contributed by atoms with E-state index >= 15 is 0 Å². The first kappa shape index (κ1) is 12.0. The third-order valence-corrected chi connectivity index (χ3v) is 1.60. The van der Waals surface area contributed by atoms with Crippen LogP contribution in [0.2, 0.25) is 0 Å². The summed E-state index contributed by atoms with van der Waals surface area (Å²) in [5.74, 6) is 0. The van der Waals surface area contributed by atoms with Crippen LogP contribution in [0.4, 0.5) is 5.69 Å². The van der Waals surface area contributed by atoms with Gasteiger partial charge in [0.1, 0.15) is 0 Å². The van der Waals surface area contributed by atoms with Crippen molar-refractivity contribution in [2.75, 3.05) is 19.0 Å². The molecule has 0 radical (unpaired) electrons. The fourth-order valence-corrected chi connectivity index (χ4v) is 1.07. The topological polar surface area (TPSA) is 43.7 Å². The quantitative estimate of drug-likeness (QED) is 0.612. The van der Waals surface area contributed by atoms with Crippen LogP contribution in [0.1, 0.15) is 5.56 Å². The molecule has 4 heteroatoms. The van der Waals surface area contributed by atoms with Crippen LogP contribution in [0.25, 0.3) is 0 Å². The summed E-state index contributed by atoms with van der Waals surface area (Å²) in [6, 6.07) is 8.36. The van der Waals surface area contributed by atoms with Crippen LogP contribution < -0.4 is 4.90 Å². The Balaban J connectivity index is 0.000000424. The van der Waals surface area contributed by atoms with Crippen LogP contribution in [0.5, 0.6) is 0 Å². The zero-order chi connectivity index (χ0) is 10.3. The summed E-state index contributed by atoms with van der Waals surface area (Å²) in [6.45, 7) is 2.12. The predicted octanol–water partition coefficient (Wildman–Crippen LogP) is 0.299. The molecule has 0 aromatic heterocycles.